The van der Waals surface area contributed by atoms with Crippen LogP contribution in [0, 0.1) is 17.2 Å². The van der Waals surface area contributed by atoms with Gasteiger partial charge in [-0.15, -0.1) is 0 Å². The molecule has 2 rings (SSSR count). The molecular formula is C15H19N3O2. The second-order valence-corrected chi connectivity index (χ2v) is 5.25. The minimum Gasteiger partial charge on any atom is -0.391 e. The lowest BCUT2D eigenvalue weighted by molar-refractivity contribution is 0.0435. The van der Waals surface area contributed by atoms with Crippen LogP contribution < -0.4 is 5.32 Å². The molecule has 2 unspecified atom stereocenters. The number of piperidine rings is 1. The third-order valence-electron chi connectivity index (χ3n) is 3.71. The molecule has 5 heteroatoms. The van der Waals surface area contributed by atoms with Crippen molar-refractivity contribution in [3.05, 3.63) is 35.4 Å². The predicted octanol–water partition coefficient (Wildman–Crippen LogP) is 1.47. The van der Waals surface area contributed by atoms with Gasteiger partial charge in [-0.25, -0.2) is 4.79 Å². The maximum Gasteiger partial charge on any atom is 0.317 e. The second-order valence-electron chi connectivity index (χ2n) is 5.25. The van der Waals surface area contributed by atoms with Crippen LogP contribution in [0.15, 0.2) is 24.3 Å². The summed E-state index contributed by atoms with van der Waals surface area (Å²) in [7, 11) is 0. The third-order valence-corrected chi connectivity index (χ3v) is 3.71. The van der Waals surface area contributed by atoms with Crippen molar-refractivity contribution in [2.75, 3.05) is 13.1 Å². The number of carbonyl (C=O) groups excluding carboxylic acids is 1. The lowest BCUT2D eigenvalue weighted by Crippen LogP contribution is -2.49. The summed E-state index contributed by atoms with van der Waals surface area (Å²) in [6.45, 7) is 3.43. The summed E-state index contributed by atoms with van der Waals surface area (Å²) in [4.78, 5) is 13.7. The minimum atomic E-state index is -0.448. The Labute approximate surface area is 118 Å². The second kappa shape index (κ2) is 6.40. The summed E-state index contributed by atoms with van der Waals surface area (Å²) in [5, 5.41) is 21.4. The molecule has 0 radical (unpaired) electrons. The van der Waals surface area contributed by atoms with E-state index in [9.17, 15) is 9.90 Å². The van der Waals surface area contributed by atoms with E-state index in [1.54, 1.807) is 23.1 Å². The van der Waals surface area contributed by atoms with Crippen molar-refractivity contribution in [3.63, 3.8) is 0 Å². The molecule has 106 valence electrons. The summed E-state index contributed by atoms with van der Waals surface area (Å²) >= 11 is 0. The maximum absolute atomic E-state index is 12.0. The Morgan fingerprint density at radius 1 is 1.60 bits per heavy atom. The molecular weight excluding hydrogens is 254 g/mol. The molecule has 1 aliphatic heterocycles. The van der Waals surface area contributed by atoms with Crippen LogP contribution in [0.2, 0.25) is 0 Å². The number of likely N-dealkylation sites (tertiary alicyclic amines) is 1. The van der Waals surface area contributed by atoms with Crippen LogP contribution in [-0.2, 0) is 6.54 Å². The molecule has 1 aliphatic rings. The van der Waals surface area contributed by atoms with Gasteiger partial charge in [0.05, 0.1) is 17.7 Å². The standard InChI is InChI=1S/C15H19N3O2/c1-11-5-6-18(10-14(11)19)15(20)17-9-13-4-2-3-12(7-13)8-16/h2-4,7,11,14,19H,5-6,9-10H2,1H3,(H,17,20). The fourth-order valence-electron chi connectivity index (χ4n) is 2.27. The molecule has 5 nitrogen and oxygen atoms in total. The normalized spacial score (nSPS) is 22.1. The first-order valence-electron chi connectivity index (χ1n) is 6.80. The highest BCUT2D eigenvalue weighted by Gasteiger charge is 2.26. The van der Waals surface area contributed by atoms with E-state index in [-0.39, 0.29) is 11.9 Å². The Morgan fingerprint density at radius 2 is 2.40 bits per heavy atom. The van der Waals surface area contributed by atoms with Crippen LogP contribution in [0.4, 0.5) is 4.79 Å². The fourth-order valence-corrected chi connectivity index (χ4v) is 2.27. The van der Waals surface area contributed by atoms with Crippen molar-refractivity contribution in [1.29, 1.82) is 5.26 Å². The first-order valence-corrected chi connectivity index (χ1v) is 6.80. The van der Waals surface area contributed by atoms with Gasteiger partial charge in [0.2, 0.25) is 0 Å². The van der Waals surface area contributed by atoms with E-state index in [1.807, 2.05) is 13.0 Å². The molecule has 2 N–H and O–H groups in total. The first-order chi connectivity index (χ1) is 9.60. The van der Waals surface area contributed by atoms with Crippen LogP contribution in [0.25, 0.3) is 0 Å². The number of urea groups is 1. The lowest BCUT2D eigenvalue weighted by atomic mass is 9.96. The molecule has 2 amide bonds. The number of benzene rings is 1. The average molecular weight is 273 g/mol. The highest BCUT2D eigenvalue weighted by molar-refractivity contribution is 5.74. The zero-order valence-electron chi connectivity index (χ0n) is 11.5. The highest BCUT2D eigenvalue weighted by atomic mass is 16.3. The summed E-state index contributed by atoms with van der Waals surface area (Å²) in [5.74, 6) is 0.242. The number of hydrogen-bond donors (Lipinski definition) is 2. The summed E-state index contributed by atoms with van der Waals surface area (Å²) in [5.41, 5.74) is 1.47. The van der Waals surface area contributed by atoms with Crippen LogP contribution in [0.1, 0.15) is 24.5 Å². The number of β-amino-alcohol motifs (C(OH)–C–C–N with tert-alkyl or cyclic N) is 1. The number of nitriles is 1. The molecule has 1 saturated heterocycles. The van der Waals surface area contributed by atoms with Gasteiger partial charge in [0, 0.05) is 19.6 Å². The number of aliphatic hydroxyl groups is 1. The van der Waals surface area contributed by atoms with Gasteiger partial charge >= 0.3 is 6.03 Å². The van der Waals surface area contributed by atoms with Gasteiger partial charge in [0.25, 0.3) is 0 Å². The van der Waals surface area contributed by atoms with E-state index in [0.29, 0.717) is 25.2 Å². The van der Waals surface area contributed by atoms with Crippen LogP contribution in [0.5, 0.6) is 0 Å². The molecule has 1 aromatic carbocycles. The van der Waals surface area contributed by atoms with E-state index < -0.39 is 6.10 Å². The number of carbonyl (C=O) groups is 1. The van der Waals surface area contributed by atoms with Crippen LogP contribution >= 0.6 is 0 Å². The number of rotatable bonds is 2. The van der Waals surface area contributed by atoms with Crippen molar-refractivity contribution in [2.24, 2.45) is 5.92 Å². The Hall–Kier alpha value is -2.06. The molecule has 1 heterocycles. The van der Waals surface area contributed by atoms with Crippen LogP contribution in [-0.4, -0.2) is 35.2 Å². The largest absolute Gasteiger partial charge is 0.391 e. The van der Waals surface area contributed by atoms with E-state index in [1.165, 1.54) is 0 Å². The molecule has 0 spiro atoms. The minimum absolute atomic E-state index is 0.168. The molecule has 2 atom stereocenters. The van der Waals surface area contributed by atoms with Gasteiger partial charge in [-0.05, 0) is 30.0 Å². The average Bonchev–Trinajstić information content (AvgIpc) is 2.47. The highest BCUT2D eigenvalue weighted by Crippen LogP contribution is 2.16. The monoisotopic (exact) mass is 273 g/mol. The quantitative estimate of drug-likeness (QED) is 0.856. The van der Waals surface area contributed by atoms with Crippen molar-refractivity contribution >= 4 is 6.03 Å². The first kappa shape index (κ1) is 14.4. The van der Waals surface area contributed by atoms with Gasteiger partial charge in [-0.3, -0.25) is 0 Å². The molecule has 1 fully saturated rings. The van der Waals surface area contributed by atoms with Crippen molar-refractivity contribution in [2.45, 2.75) is 26.0 Å². The molecule has 0 aliphatic carbocycles. The van der Waals surface area contributed by atoms with E-state index in [4.69, 9.17) is 5.26 Å². The Bertz CT molecular complexity index is 524. The summed E-state index contributed by atoms with van der Waals surface area (Å²) < 4.78 is 0. The maximum atomic E-state index is 12.0. The van der Waals surface area contributed by atoms with Gasteiger partial charge in [0.1, 0.15) is 0 Å². The van der Waals surface area contributed by atoms with E-state index in [0.717, 1.165) is 12.0 Å². The number of nitrogens with zero attached hydrogens (tertiary/aromatic N) is 2. The summed E-state index contributed by atoms with van der Waals surface area (Å²) in [6, 6.07) is 9.06. The number of amides is 2. The molecule has 0 aromatic heterocycles. The van der Waals surface area contributed by atoms with E-state index in [2.05, 4.69) is 11.4 Å². The molecule has 0 saturated carbocycles. The molecule has 20 heavy (non-hydrogen) atoms. The Morgan fingerprint density at radius 3 is 3.10 bits per heavy atom. The van der Waals surface area contributed by atoms with Gasteiger partial charge in [0.15, 0.2) is 0 Å². The number of aliphatic hydroxyl groups excluding tert-OH is 1. The van der Waals surface area contributed by atoms with Crippen molar-refractivity contribution in [3.8, 4) is 6.07 Å². The fraction of sp³-hybridized carbons (Fsp3) is 0.467. The predicted molar refractivity (Wildman–Crippen MR) is 74.8 cm³/mol. The van der Waals surface area contributed by atoms with Crippen LogP contribution in [0.3, 0.4) is 0 Å². The number of nitrogens with one attached hydrogen (secondary N) is 1. The van der Waals surface area contributed by atoms with Gasteiger partial charge < -0.3 is 15.3 Å². The third kappa shape index (κ3) is 3.49. The number of hydrogen-bond acceptors (Lipinski definition) is 3. The van der Waals surface area contributed by atoms with Crippen molar-refractivity contribution in [1.82, 2.24) is 10.2 Å². The van der Waals surface area contributed by atoms with E-state index >= 15 is 0 Å². The van der Waals surface area contributed by atoms with Gasteiger partial charge in [-0.1, -0.05) is 19.1 Å². The zero-order chi connectivity index (χ0) is 14.5. The smallest absolute Gasteiger partial charge is 0.317 e. The van der Waals surface area contributed by atoms with Gasteiger partial charge in [-0.2, -0.15) is 5.26 Å². The summed E-state index contributed by atoms with van der Waals surface area (Å²) in [6.07, 6.45) is 0.370. The SMILES string of the molecule is CC1CCN(C(=O)NCc2cccc(C#N)c2)CC1O. The molecule has 1 aromatic rings. The topological polar surface area (TPSA) is 76.4 Å². The van der Waals surface area contributed by atoms with Crippen molar-refractivity contribution < 1.29 is 9.90 Å². The molecule has 0 bridgehead atoms. The Kier molecular flexibility index (Phi) is 4.59. The zero-order valence-corrected chi connectivity index (χ0v) is 11.5. The Balaban J connectivity index is 1.87. The lowest BCUT2D eigenvalue weighted by Gasteiger charge is -2.34.